The van der Waals surface area contributed by atoms with E-state index in [1.165, 1.54) is 61.2 Å². The third-order valence-electron chi connectivity index (χ3n) is 13.0. The highest BCUT2D eigenvalue weighted by Crippen LogP contribution is 2.69. The van der Waals surface area contributed by atoms with Crippen molar-refractivity contribution in [2.75, 3.05) is 0 Å². The molecule has 2 spiro atoms. The quantitative estimate of drug-likeness (QED) is 0.182. The molecule has 0 N–H and O–H groups in total. The third kappa shape index (κ3) is 4.00. The fourth-order valence-corrected chi connectivity index (χ4v) is 11.0. The average molecular weight is 713 g/mol. The minimum atomic E-state index is -0.627. The summed E-state index contributed by atoms with van der Waals surface area (Å²) in [5.41, 5.74) is 18.6. The predicted molar refractivity (Wildman–Crippen MR) is 227 cm³/mol. The first-order chi connectivity index (χ1) is 27.8. The van der Waals surface area contributed by atoms with Gasteiger partial charge in [-0.25, -0.2) is 9.97 Å². The van der Waals surface area contributed by atoms with E-state index in [4.69, 9.17) is 9.97 Å². The molecule has 2 atom stereocenters. The molecule has 2 unspecified atom stereocenters. The summed E-state index contributed by atoms with van der Waals surface area (Å²) in [5.74, 6) is 1.03. The summed E-state index contributed by atoms with van der Waals surface area (Å²) in [5, 5.41) is 0. The Morgan fingerprint density at radius 3 is 1.57 bits per heavy atom. The molecular formula is C54H36N2. The second-order valence-electron chi connectivity index (χ2n) is 15.5. The molecule has 0 saturated carbocycles. The summed E-state index contributed by atoms with van der Waals surface area (Å²) in [6, 6.07) is 67.0. The minimum Gasteiger partial charge on any atom is -0.228 e. The van der Waals surface area contributed by atoms with Crippen molar-refractivity contribution in [3.63, 3.8) is 0 Å². The van der Waals surface area contributed by atoms with Crippen LogP contribution < -0.4 is 0 Å². The normalized spacial score (nSPS) is 18.7. The van der Waals surface area contributed by atoms with Gasteiger partial charge in [-0.05, 0) is 73.7 Å². The first kappa shape index (κ1) is 31.5. The van der Waals surface area contributed by atoms with Gasteiger partial charge in [0.2, 0.25) is 0 Å². The maximum Gasteiger partial charge on any atom is 0.160 e. The largest absolute Gasteiger partial charge is 0.228 e. The Kier molecular flexibility index (Phi) is 6.63. The van der Waals surface area contributed by atoms with E-state index >= 15 is 0 Å². The molecule has 1 heterocycles. The van der Waals surface area contributed by atoms with E-state index in [0.717, 1.165) is 40.3 Å². The summed E-state index contributed by atoms with van der Waals surface area (Å²) in [4.78, 5) is 11.1. The highest BCUT2D eigenvalue weighted by Gasteiger charge is 2.61. The number of allylic oxidation sites excluding steroid dienone is 4. The zero-order chi connectivity index (χ0) is 36.8. The Labute approximate surface area is 327 Å². The first-order valence-electron chi connectivity index (χ1n) is 19.7. The minimum absolute atomic E-state index is 0.292. The van der Waals surface area contributed by atoms with Crippen LogP contribution in [0.5, 0.6) is 0 Å². The van der Waals surface area contributed by atoms with Gasteiger partial charge in [0.1, 0.15) is 0 Å². The van der Waals surface area contributed by atoms with E-state index in [-0.39, 0.29) is 0 Å². The lowest BCUT2D eigenvalue weighted by Crippen LogP contribution is -2.44. The van der Waals surface area contributed by atoms with Crippen LogP contribution in [-0.2, 0) is 10.8 Å². The number of hydrogen-bond donors (Lipinski definition) is 0. The Hall–Kier alpha value is -6.90. The summed E-state index contributed by atoms with van der Waals surface area (Å²) in [6.07, 6.45) is 8.04. The van der Waals surface area contributed by atoms with Crippen LogP contribution in [0, 0.1) is 0 Å². The van der Waals surface area contributed by atoms with Gasteiger partial charge in [-0.3, -0.25) is 0 Å². The molecule has 0 bridgehead atoms. The van der Waals surface area contributed by atoms with Gasteiger partial charge in [-0.15, -0.1) is 0 Å². The lowest BCUT2D eigenvalue weighted by Gasteiger charge is -2.50. The smallest absolute Gasteiger partial charge is 0.160 e. The molecule has 8 aromatic rings. The van der Waals surface area contributed by atoms with E-state index in [9.17, 15) is 0 Å². The van der Waals surface area contributed by atoms with Crippen LogP contribution in [0.3, 0.4) is 0 Å². The van der Waals surface area contributed by atoms with Gasteiger partial charge in [0.05, 0.1) is 22.2 Å². The topological polar surface area (TPSA) is 25.8 Å². The van der Waals surface area contributed by atoms with Crippen LogP contribution in [0.4, 0.5) is 0 Å². The van der Waals surface area contributed by atoms with Crippen molar-refractivity contribution in [1.82, 2.24) is 9.97 Å². The molecule has 4 aliphatic rings. The van der Waals surface area contributed by atoms with Crippen molar-refractivity contribution < 1.29 is 0 Å². The maximum absolute atomic E-state index is 5.53. The monoisotopic (exact) mass is 712 g/mol. The van der Waals surface area contributed by atoms with Crippen LogP contribution in [0.25, 0.3) is 45.0 Å². The van der Waals surface area contributed by atoms with Gasteiger partial charge >= 0.3 is 0 Å². The van der Waals surface area contributed by atoms with Crippen molar-refractivity contribution in [3.05, 3.63) is 250 Å². The molecule has 7 aromatic carbocycles. The Morgan fingerprint density at radius 2 is 0.929 bits per heavy atom. The van der Waals surface area contributed by atoms with Crippen LogP contribution in [0.1, 0.15) is 56.8 Å². The van der Waals surface area contributed by atoms with Gasteiger partial charge in [0.25, 0.3) is 0 Å². The predicted octanol–water partition coefficient (Wildman–Crippen LogP) is 12.5. The molecule has 4 aliphatic carbocycles. The molecule has 56 heavy (non-hydrogen) atoms. The standard InChI is InChI=1S/C54H36N2/c1-3-18-35(19-4-1)49-34-50(36-20-5-2-6-21-36)56-52(55-49)41-26-17-33-48-51(41)54(44-29-13-9-24-39(44)40-25-10-14-30-45(40)54)47-32-16-15-31-46(47)53(48)42-27-11-7-22-37(42)38-23-8-12-28-43(38)53/h1-22,24-34,38H,23H2. The summed E-state index contributed by atoms with van der Waals surface area (Å²) < 4.78 is 0. The van der Waals surface area contributed by atoms with E-state index in [0.29, 0.717) is 5.92 Å². The lowest BCUT2D eigenvalue weighted by molar-refractivity contribution is 0.609. The average Bonchev–Trinajstić information content (AvgIpc) is 3.74. The first-order valence-corrected chi connectivity index (χ1v) is 19.7. The molecule has 0 amide bonds. The highest BCUT2D eigenvalue weighted by atomic mass is 14.9. The maximum atomic E-state index is 5.53. The molecule has 2 heteroatoms. The van der Waals surface area contributed by atoms with Crippen molar-refractivity contribution in [2.24, 2.45) is 0 Å². The van der Waals surface area contributed by atoms with Gasteiger partial charge in [0, 0.05) is 22.6 Å². The Bertz CT molecular complexity index is 2850. The van der Waals surface area contributed by atoms with E-state index in [1.807, 2.05) is 0 Å². The van der Waals surface area contributed by atoms with Gasteiger partial charge in [0.15, 0.2) is 5.82 Å². The SMILES string of the molecule is C1=CCC2C(=C1)C1(c3ccccc32)c2ccccc2C2(c3ccccc3-c3ccccc32)c2c(-c3nc(-c4ccccc4)cc(-c4ccccc4)n3)cccc21. The lowest BCUT2D eigenvalue weighted by atomic mass is 9.51. The molecular weight excluding hydrogens is 677 g/mol. The molecule has 0 saturated heterocycles. The fourth-order valence-electron chi connectivity index (χ4n) is 11.0. The van der Waals surface area contributed by atoms with Gasteiger partial charge in [-0.1, -0.05) is 194 Å². The summed E-state index contributed by atoms with van der Waals surface area (Å²) >= 11 is 0. The molecule has 0 aliphatic heterocycles. The molecule has 12 rings (SSSR count). The fraction of sp³-hybridized carbons (Fsp3) is 0.0741. The molecule has 0 radical (unpaired) electrons. The number of hydrogen-bond acceptors (Lipinski definition) is 2. The third-order valence-corrected chi connectivity index (χ3v) is 13.0. The van der Waals surface area contributed by atoms with Crippen LogP contribution in [-0.4, -0.2) is 9.97 Å². The molecule has 1 aromatic heterocycles. The van der Waals surface area contributed by atoms with Crippen molar-refractivity contribution in [2.45, 2.75) is 23.2 Å². The van der Waals surface area contributed by atoms with E-state index in [2.05, 4.69) is 200 Å². The number of aromatic nitrogens is 2. The van der Waals surface area contributed by atoms with Crippen molar-refractivity contribution >= 4 is 0 Å². The number of nitrogens with zero attached hydrogens (tertiary/aromatic N) is 2. The molecule has 262 valence electrons. The molecule has 0 fully saturated rings. The second-order valence-corrected chi connectivity index (χ2v) is 15.5. The number of rotatable bonds is 3. The Balaban J connectivity index is 1.28. The number of fused-ring (bicyclic) bond motifs is 16. The highest BCUT2D eigenvalue weighted by molar-refractivity contribution is 5.93. The molecule has 2 nitrogen and oxygen atoms in total. The number of benzene rings is 7. The van der Waals surface area contributed by atoms with Gasteiger partial charge < -0.3 is 0 Å². The Morgan fingerprint density at radius 1 is 0.429 bits per heavy atom. The summed E-state index contributed by atoms with van der Waals surface area (Å²) in [6.45, 7) is 0. The summed E-state index contributed by atoms with van der Waals surface area (Å²) in [7, 11) is 0. The van der Waals surface area contributed by atoms with Crippen molar-refractivity contribution in [3.8, 4) is 45.0 Å². The van der Waals surface area contributed by atoms with Gasteiger partial charge in [-0.2, -0.15) is 0 Å². The van der Waals surface area contributed by atoms with Crippen LogP contribution >= 0.6 is 0 Å². The van der Waals surface area contributed by atoms with Crippen molar-refractivity contribution in [1.29, 1.82) is 0 Å². The zero-order valence-corrected chi connectivity index (χ0v) is 30.7. The van der Waals surface area contributed by atoms with Crippen LogP contribution in [0.2, 0.25) is 0 Å². The van der Waals surface area contributed by atoms with Crippen LogP contribution in [0.15, 0.2) is 206 Å². The van der Waals surface area contributed by atoms with E-state index < -0.39 is 10.8 Å². The second kappa shape index (κ2) is 11.8. The van der Waals surface area contributed by atoms with E-state index in [1.54, 1.807) is 0 Å². The zero-order valence-electron chi connectivity index (χ0n) is 30.7.